The summed E-state index contributed by atoms with van der Waals surface area (Å²) in [5.74, 6) is 0. The maximum absolute atomic E-state index is 5.37. The number of hydrogen-bond acceptors (Lipinski definition) is 3. The topological polar surface area (TPSA) is 46.5 Å². The molecule has 90 valence electrons. The van der Waals surface area contributed by atoms with E-state index in [1.54, 1.807) is 6.20 Å². The predicted molar refractivity (Wildman–Crippen MR) is 73.0 cm³/mol. The highest BCUT2D eigenvalue weighted by Gasteiger charge is 2.07. The van der Waals surface area contributed by atoms with Crippen molar-refractivity contribution in [1.82, 2.24) is 19.7 Å². The molecule has 0 bridgehead atoms. The van der Waals surface area contributed by atoms with Crippen molar-refractivity contribution in [2.45, 2.75) is 13.5 Å². The number of benzene rings is 1. The Balaban J connectivity index is 2.17. The zero-order valence-electron chi connectivity index (χ0n) is 9.92. The summed E-state index contributed by atoms with van der Waals surface area (Å²) in [4.78, 5) is 3.22. The number of hydrogen-bond donors (Lipinski definition) is 1. The van der Waals surface area contributed by atoms with Gasteiger partial charge in [-0.15, -0.1) is 0 Å². The predicted octanol–water partition coefficient (Wildman–Crippen LogP) is 2.85. The molecule has 18 heavy (non-hydrogen) atoms. The second-order valence-electron chi connectivity index (χ2n) is 4.20. The number of rotatable bonds is 2. The number of para-hydroxylation sites is 1. The van der Waals surface area contributed by atoms with Gasteiger partial charge in [0.15, 0.2) is 4.77 Å². The summed E-state index contributed by atoms with van der Waals surface area (Å²) in [6.07, 6.45) is 1.67. The molecule has 0 saturated carbocycles. The number of nitrogens with one attached hydrogen (secondary N) is 1. The normalized spacial score (nSPS) is 10.9. The number of H-pyrrole nitrogens is 1. The molecule has 3 aromatic rings. The molecule has 3 rings (SSSR count). The molecule has 0 aliphatic carbocycles. The summed E-state index contributed by atoms with van der Waals surface area (Å²) in [5, 5.41) is 7.99. The van der Waals surface area contributed by atoms with Gasteiger partial charge in [-0.3, -0.25) is 0 Å². The molecule has 0 saturated heterocycles. The standard InChI is InChI=1S/C13H12N4S/c1-9-4-2-6-11-12(9)17(13(18)15-11)8-10-5-3-7-14-16-10/h2-7H,8H2,1H3,(H,15,18). The Morgan fingerprint density at radius 2 is 2.17 bits per heavy atom. The SMILES string of the molecule is Cc1cccc2[nH]c(=S)n(Cc3cccnn3)c12. The van der Waals surface area contributed by atoms with E-state index in [0.717, 1.165) is 16.7 Å². The number of nitrogens with zero attached hydrogens (tertiary/aromatic N) is 3. The van der Waals surface area contributed by atoms with Crippen LogP contribution in [0.2, 0.25) is 0 Å². The second-order valence-corrected chi connectivity index (χ2v) is 4.59. The molecule has 0 aliphatic heterocycles. The number of imidazole rings is 1. The van der Waals surface area contributed by atoms with Crippen LogP contribution >= 0.6 is 12.2 Å². The van der Waals surface area contributed by atoms with E-state index in [0.29, 0.717) is 11.3 Å². The highest BCUT2D eigenvalue weighted by atomic mass is 32.1. The van der Waals surface area contributed by atoms with Crippen LogP contribution < -0.4 is 0 Å². The van der Waals surface area contributed by atoms with Gasteiger partial charge in [-0.2, -0.15) is 10.2 Å². The highest BCUT2D eigenvalue weighted by molar-refractivity contribution is 7.71. The van der Waals surface area contributed by atoms with Gasteiger partial charge in [-0.1, -0.05) is 12.1 Å². The van der Waals surface area contributed by atoms with Crippen LogP contribution in [0.4, 0.5) is 0 Å². The first-order valence-electron chi connectivity index (χ1n) is 5.70. The molecule has 0 amide bonds. The minimum absolute atomic E-state index is 0.636. The lowest BCUT2D eigenvalue weighted by Gasteiger charge is -2.05. The summed E-state index contributed by atoms with van der Waals surface area (Å²) >= 11 is 5.37. The van der Waals surface area contributed by atoms with E-state index in [9.17, 15) is 0 Å². The Kier molecular flexibility index (Phi) is 2.68. The fourth-order valence-electron chi connectivity index (χ4n) is 2.13. The van der Waals surface area contributed by atoms with Crippen molar-refractivity contribution in [3.05, 3.63) is 52.6 Å². The minimum atomic E-state index is 0.636. The van der Waals surface area contributed by atoms with Crippen LogP contribution in [0.15, 0.2) is 36.5 Å². The zero-order chi connectivity index (χ0) is 12.5. The van der Waals surface area contributed by atoms with Crippen molar-refractivity contribution < 1.29 is 0 Å². The van der Waals surface area contributed by atoms with Crippen LogP contribution in [-0.4, -0.2) is 19.7 Å². The molecule has 2 aromatic heterocycles. The van der Waals surface area contributed by atoms with E-state index >= 15 is 0 Å². The number of aromatic amines is 1. The molecule has 0 aliphatic rings. The van der Waals surface area contributed by atoms with Crippen LogP contribution in [-0.2, 0) is 6.54 Å². The fourth-order valence-corrected chi connectivity index (χ4v) is 2.40. The average molecular weight is 256 g/mol. The van der Waals surface area contributed by atoms with Crippen LogP contribution in [0.25, 0.3) is 11.0 Å². The van der Waals surface area contributed by atoms with Crippen molar-refractivity contribution in [2.75, 3.05) is 0 Å². The number of aryl methyl sites for hydroxylation is 1. The zero-order valence-corrected chi connectivity index (χ0v) is 10.7. The summed E-state index contributed by atoms with van der Waals surface area (Å²) in [6, 6.07) is 9.97. The van der Waals surface area contributed by atoms with Crippen molar-refractivity contribution >= 4 is 23.3 Å². The summed E-state index contributed by atoms with van der Waals surface area (Å²) in [6.45, 7) is 2.72. The van der Waals surface area contributed by atoms with E-state index in [2.05, 4.69) is 32.7 Å². The first-order chi connectivity index (χ1) is 8.75. The summed E-state index contributed by atoms with van der Waals surface area (Å²) < 4.78 is 2.77. The molecule has 0 atom stereocenters. The minimum Gasteiger partial charge on any atom is -0.331 e. The Morgan fingerprint density at radius 3 is 2.94 bits per heavy atom. The van der Waals surface area contributed by atoms with Gasteiger partial charge in [-0.25, -0.2) is 0 Å². The first-order valence-corrected chi connectivity index (χ1v) is 6.11. The van der Waals surface area contributed by atoms with Gasteiger partial charge in [-0.05, 0) is 42.9 Å². The Morgan fingerprint density at radius 1 is 1.28 bits per heavy atom. The van der Waals surface area contributed by atoms with Gasteiger partial charge in [0.2, 0.25) is 0 Å². The van der Waals surface area contributed by atoms with Crippen LogP contribution in [0.5, 0.6) is 0 Å². The smallest absolute Gasteiger partial charge is 0.178 e. The quantitative estimate of drug-likeness (QED) is 0.717. The molecule has 0 spiro atoms. The van der Waals surface area contributed by atoms with Gasteiger partial charge >= 0.3 is 0 Å². The van der Waals surface area contributed by atoms with Crippen molar-refractivity contribution in [3.8, 4) is 0 Å². The van der Waals surface area contributed by atoms with E-state index in [1.807, 2.05) is 24.3 Å². The van der Waals surface area contributed by atoms with Gasteiger partial charge in [0, 0.05) is 6.20 Å². The van der Waals surface area contributed by atoms with E-state index < -0.39 is 0 Å². The molecule has 4 nitrogen and oxygen atoms in total. The number of aromatic nitrogens is 4. The van der Waals surface area contributed by atoms with E-state index in [4.69, 9.17) is 12.2 Å². The molecule has 0 fully saturated rings. The van der Waals surface area contributed by atoms with Crippen LogP contribution in [0.3, 0.4) is 0 Å². The molecule has 1 N–H and O–H groups in total. The van der Waals surface area contributed by atoms with Crippen LogP contribution in [0, 0.1) is 11.7 Å². The van der Waals surface area contributed by atoms with Gasteiger partial charge in [0.25, 0.3) is 0 Å². The molecule has 2 heterocycles. The molecule has 0 unspecified atom stereocenters. The first kappa shape index (κ1) is 11.1. The Bertz CT molecular complexity index is 743. The van der Waals surface area contributed by atoms with Crippen molar-refractivity contribution in [3.63, 3.8) is 0 Å². The average Bonchev–Trinajstić information content (AvgIpc) is 2.69. The molecular weight excluding hydrogens is 244 g/mol. The third kappa shape index (κ3) is 1.82. The third-order valence-corrected chi connectivity index (χ3v) is 3.26. The van der Waals surface area contributed by atoms with Gasteiger partial charge in [0.05, 0.1) is 23.3 Å². The van der Waals surface area contributed by atoms with Gasteiger partial charge < -0.3 is 9.55 Å². The van der Waals surface area contributed by atoms with E-state index in [-0.39, 0.29) is 0 Å². The summed E-state index contributed by atoms with van der Waals surface area (Å²) in [5.41, 5.74) is 4.29. The maximum atomic E-state index is 5.37. The summed E-state index contributed by atoms with van der Waals surface area (Å²) in [7, 11) is 0. The van der Waals surface area contributed by atoms with E-state index in [1.165, 1.54) is 5.56 Å². The monoisotopic (exact) mass is 256 g/mol. The molecule has 0 radical (unpaired) electrons. The van der Waals surface area contributed by atoms with Gasteiger partial charge in [0.1, 0.15) is 0 Å². The lowest BCUT2D eigenvalue weighted by molar-refractivity contribution is 0.761. The van der Waals surface area contributed by atoms with Crippen molar-refractivity contribution in [2.24, 2.45) is 0 Å². The number of fused-ring (bicyclic) bond motifs is 1. The Labute approximate surface area is 109 Å². The van der Waals surface area contributed by atoms with Crippen molar-refractivity contribution in [1.29, 1.82) is 0 Å². The molecule has 1 aromatic carbocycles. The largest absolute Gasteiger partial charge is 0.331 e. The highest BCUT2D eigenvalue weighted by Crippen LogP contribution is 2.19. The Hall–Kier alpha value is -2.01. The third-order valence-electron chi connectivity index (χ3n) is 2.94. The second kappa shape index (κ2) is 4.34. The maximum Gasteiger partial charge on any atom is 0.178 e. The fraction of sp³-hybridized carbons (Fsp3) is 0.154. The molecule has 5 heteroatoms. The van der Waals surface area contributed by atoms with Crippen LogP contribution in [0.1, 0.15) is 11.3 Å². The lowest BCUT2D eigenvalue weighted by atomic mass is 10.2. The lowest BCUT2D eigenvalue weighted by Crippen LogP contribution is -2.03. The molecular formula is C13H12N4S.